The lowest BCUT2D eigenvalue weighted by molar-refractivity contribution is 0.122. The van der Waals surface area contributed by atoms with Crippen LogP contribution in [0, 0.1) is 3.57 Å². The number of phenols is 1. The quantitative estimate of drug-likeness (QED) is 0.370. The molecule has 10 heteroatoms. The third-order valence-corrected chi connectivity index (χ3v) is 5.32. The molecule has 0 spiro atoms. The lowest BCUT2D eigenvalue weighted by atomic mass is 10.2. The van der Waals surface area contributed by atoms with Gasteiger partial charge in [-0.1, -0.05) is 0 Å². The van der Waals surface area contributed by atoms with Crippen LogP contribution in [-0.2, 0) is 4.74 Å². The van der Waals surface area contributed by atoms with Crippen molar-refractivity contribution in [3.63, 3.8) is 0 Å². The Morgan fingerprint density at radius 3 is 2.43 bits per heavy atom. The second-order valence-corrected chi connectivity index (χ2v) is 7.87. The third-order valence-electron chi connectivity index (χ3n) is 4.65. The van der Waals surface area contributed by atoms with Crippen LogP contribution in [0.25, 0.3) is 0 Å². The molecule has 1 aromatic heterocycles. The van der Waals surface area contributed by atoms with Crippen molar-refractivity contribution in [3.05, 3.63) is 27.3 Å². The summed E-state index contributed by atoms with van der Waals surface area (Å²) in [5.41, 5.74) is 3.52. The van der Waals surface area contributed by atoms with E-state index in [9.17, 15) is 5.11 Å². The average molecular weight is 495 g/mol. The van der Waals surface area contributed by atoms with Gasteiger partial charge in [-0.05, 0) is 53.6 Å². The van der Waals surface area contributed by atoms with Gasteiger partial charge in [0.15, 0.2) is 0 Å². The van der Waals surface area contributed by atoms with Crippen LogP contribution in [0.5, 0.6) is 5.75 Å². The minimum atomic E-state index is 0.174. The lowest BCUT2D eigenvalue weighted by Crippen LogP contribution is -2.38. The van der Waals surface area contributed by atoms with Gasteiger partial charge in [0, 0.05) is 35.3 Å². The molecule has 0 unspecified atom stereocenters. The number of aromatic nitrogens is 3. The Bertz CT molecular complexity index is 852. The van der Waals surface area contributed by atoms with Gasteiger partial charge < -0.3 is 19.6 Å². The number of ether oxygens (including phenoxy) is 1. The van der Waals surface area contributed by atoms with Crippen LogP contribution >= 0.6 is 22.6 Å². The molecule has 0 radical (unpaired) electrons. The number of anilines is 3. The zero-order chi connectivity index (χ0) is 19.3. The Balaban J connectivity index is 1.56. The first-order chi connectivity index (χ1) is 13.7. The second kappa shape index (κ2) is 8.86. The standard InChI is InChI=1S/C18H22IN7O2/c19-14-3-4-15(27)13(11-14)12-20-24-16-21-17(25-5-1-2-6-25)23-18(22-16)26-7-9-28-10-8-26/h3-4,11-12,27H,1-2,5-10H2,(H,21,22,23,24)/b20-12+. The van der Waals surface area contributed by atoms with Gasteiger partial charge in [0.05, 0.1) is 19.4 Å². The number of phenolic OH excluding ortho intramolecular Hbond substituents is 1. The van der Waals surface area contributed by atoms with Crippen LogP contribution in [0.2, 0.25) is 0 Å². The molecule has 0 amide bonds. The third kappa shape index (κ3) is 4.61. The van der Waals surface area contributed by atoms with Crippen molar-refractivity contribution in [2.45, 2.75) is 12.8 Å². The minimum absolute atomic E-state index is 0.174. The predicted molar refractivity (Wildman–Crippen MR) is 116 cm³/mol. The van der Waals surface area contributed by atoms with Gasteiger partial charge in [-0.2, -0.15) is 20.1 Å². The first-order valence-electron chi connectivity index (χ1n) is 9.30. The number of hydrazone groups is 1. The minimum Gasteiger partial charge on any atom is -0.507 e. The van der Waals surface area contributed by atoms with Gasteiger partial charge >= 0.3 is 0 Å². The van der Waals surface area contributed by atoms with Gasteiger partial charge in [-0.3, -0.25) is 0 Å². The van der Waals surface area contributed by atoms with Gasteiger partial charge in [-0.25, -0.2) is 5.43 Å². The Morgan fingerprint density at radius 1 is 1.04 bits per heavy atom. The summed E-state index contributed by atoms with van der Waals surface area (Å²) in [6, 6.07) is 5.33. The fraction of sp³-hybridized carbons (Fsp3) is 0.444. The number of rotatable bonds is 5. The SMILES string of the molecule is Oc1ccc(I)cc1/C=N/Nc1nc(N2CCCC2)nc(N2CCOCC2)n1. The maximum absolute atomic E-state index is 9.95. The molecule has 2 aliphatic heterocycles. The van der Waals surface area contributed by atoms with Crippen molar-refractivity contribution in [1.29, 1.82) is 0 Å². The molecule has 28 heavy (non-hydrogen) atoms. The smallest absolute Gasteiger partial charge is 0.250 e. The molecule has 2 saturated heterocycles. The molecule has 9 nitrogen and oxygen atoms in total. The molecule has 1 aromatic carbocycles. The van der Waals surface area contributed by atoms with E-state index in [1.165, 1.54) is 0 Å². The Kier molecular flexibility index (Phi) is 6.05. The van der Waals surface area contributed by atoms with Crippen molar-refractivity contribution in [2.75, 3.05) is 54.6 Å². The number of hydrogen-bond acceptors (Lipinski definition) is 9. The summed E-state index contributed by atoms with van der Waals surface area (Å²) >= 11 is 2.19. The summed E-state index contributed by atoms with van der Waals surface area (Å²) in [7, 11) is 0. The molecule has 2 N–H and O–H groups in total. The number of nitrogens with one attached hydrogen (secondary N) is 1. The summed E-state index contributed by atoms with van der Waals surface area (Å²) in [4.78, 5) is 18.0. The average Bonchev–Trinajstić information content (AvgIpc) is 3.26. The highest BCUT2D eigenvalue weighted by atomic mass is 127. The number of morpholine rings is 1. The number of aromatic hydroxyl groups is 1. The highest BCUT2D eigenvalue weighted by Crippen LogP contribution is 2.21. The first kappa shape index (κ1) is 19.1. The summed E-state index contributed by atoms with van der Waals surface area (Å²) in [5.74, 6) is 1.87. The fourth-order valence-corrected chi connectivity index (χ4v) is 3.67. The summed E-state index contributed by atoms with van der Waals surface area (Å²) in [6.07, 6.45) is 3.85. The number of nitrogens with zero attached hydrogens (tertiary/aromatic N) is 6. The lowest BCUT2D eigenvalue weighted by Gasteiger charge is -2.27. The molecule has 0 bridgehead atoms. The summed E-state index contributed by atoms with van der Waals surface area (Å²) in [5, 5.41) is 14.2. The van der Waals surface area contributed by atoms with Crippen LogP contribution in [0.3, 0.4) is 0 Å². The van der Waals surface area contributed by atoms with E-state index < -0.39 is 0 Å². The molecule has 3 heterocycles. The zero-order valence-electron chi connectivity index (χ0n) is 15.4. The van der Waals surface area contributed by atoms with Crippen LogP contribution in [0.1, 0.15) is 18.4 Å². The molecule has 148 valence electrons. The maximum atomic E-state index is 9.95. The molecule has 0 atom stereocenters. The van der Waals surface area contributed by atoms with Crippen LogP contribution in [-0.4, -0.2) is 65.7 Å². The van der Waals surface area contributed by atoms with Gasteiger partial charge in [0.1, 0.15) is 5.75 Å². The second-order valence-electron chi connectivity index (χ2n) is 6.63. The van der Waals surface area contributed by atoms with Gasteiger partial charge in [0.2, 0.25) is 17.8 Å². The maximum Gasteiger partial charge on any atom is 0.250 e. The van der Waals surface area contributed by atoms with Crippen molar-refractivity contribution in [1.82, 2.24) is 15.0 Å². The molecule has 0 saturated carbocycles. The monoisotopic (exact) mass is 495 g/mol. The number of benzene rings is 1. The molecule has 0 aliphatic carbocycles. The molecule has 4 rings (SSSR count). The number of hydrogen-bond donors (Lipinski definition) is 2. The topological polar surface area (TPSA) is 99.0 Å². The molecule has 2 aliphatic rings. The van der Waals surface area contributed by atoms with E-state index in [4.69, 9.17) is 4.74 Å². The zero-order valence-corrected chi connectivity index (χ0v) is 17.5. The largest absolute Gasteiger partial charge is 0.507 e. The van der Waals surface area contributed by atoms with E-state index in [2.05, 4.69) is 57.9 Å². The molecular weight excluding hydrogens is 473 g/mol. The van der Waals surface area contributed by atoms with Crippen LogP contribution < -0.4 is 15.2 Å². The van der Waals surface area contributed by atoms with Crippen molar-refractivity contribution >= 4 is 46.7 Å². The van der Waals surface area contributed by atoms with E-state index in [1.54, 1.807) is 12.3 Å². The van der Waals surface area contributed by atoms with E-state index in [-0.39, 0.29) is 5.75 Å². The Hall–Kier alpha value is -2.21. The van der Waals surface area contributed by atoms with E-state index in [0.29, 0.717) is 36.6 Å². The first-order valence-corrected chi connectivity index (χ1v) is 10.4. The highest BCUT2D eigenvalue weighted by molar-refractivity contribution is 14.1. The number of halogens is 1. The molecular formula is C18H22IN7O2. The van der Waals surface area contributed by atoms with Gasteiger partial charge in [0.25, 0.3) is 0 Å². The highest BCUT2D eigenvalue weighted by Gasteiger charge is 2.21. The van der Waals surface area contributed by atoms with Crippen molar-refractivity contribution in [2.24, 2.45) is 5.10 Å². The normalized spacial score (nSPS) is 17.5. The van der Waals surface area contributed by atoms with Crippen molar-refractivity contribution in [3.8, 4) is 5.75 Å². The fourth-order valence-electron chi connectivity index (χ4n) is 3.16. The van der Waals surface area contributed by atoms with Gasteiger partial charge in [-0.15, -0.1) is 0 Å². The Morgan fingerprint density at radius 2 is 1.71 bits per heavy atom. The van der Waals surface area contributed by atoms with E-state index >= 15 is 0 Å². The molecule has 2 aromatic rings. The van der Waals surface area contributed by atoms with Crippen LogP contribution in [0.4, 0.5) is 17.8 Å². The molecule has 2 fully saturated rings. The summed E-state index contributed by atoms with van der Waals surface area (Å²) < 4.78 is 6.45. The van der Waals surface area contributed by atoms with Crippen molar-refractivity contribution < 1.29 is 9.84 Å². The Labute approximate surface area is 177 Å². The van der Waals surface area contributed by atoms with E-state index in [1.807, 2.05) is 12.1 Å². The van der Waals surface area contributed by atoms with E-state index in [0.717, 1.165) is 42.6 Å². The summed E-state index contributed by atoms with van der Waals surface area (Å²) in [6.45, 7) is 4.73. The predicted octanol–water partition coefficient (Wildman–Crippen LogP) is 2.06. The van der Waals surface area contributed by atoms with Crippen LogP contribution in [0.15, 0.2) is 23.3 Å².